The summed E-state index contributed by atoms with van der Waals surface area (Å²) in [5, 5.41) is 11.9. The first-order valence-corrected chi connectivity index (χ1v) is 6.37. The van der Waals surface area contributed by atoms with Crippen molar-refractivity contribution in [2.24, 2.45) is 0 Å². The summed E-state index contributed by atoms with van der Waals surface area (Å²) in [6.45, 7) is 1.84. The van der Waals surface area contributed by atoms with E-state index >= 15 is 0 Å². The van der Waals surface area contributed by atoms with Crippen molar-refractivity contribution in [1.29, 1.82) is 0 Å². The van der Waals surface area contributed by atoms with E-state index in [1.54, 1.807) is 12.4 Å². The van der Waals surface area contributed by atoms with Gasteiger partial charge in [-0.25, -0.2) is 9.18 Å². The van der Waals surface area contributed by atoms with Crippen LogP contribution >= 0.6 is 15.9 Å². The molecule has 0 aliphatic carbocycles. The minimum atomic E-state index is -0.374. The number of nitrogens with one attached hydrogen (secondary N) is 3. The Hall–Kier alpha value is -1.89. The second kappa shape index (κ2) is 5.83. The Balaban J connectivity index is 1.98. The van der Waals surface area contributed by atoms with E-state index in [1.807, 2.05) is 6.92 Å². The maximum Gasteiger partial charge on any atom is 0.319 e. The minimum absolute atomic E-state index is 0.182. The van der Waals surface area contributed by atoms with Gasteiger partial charge in [0.15, 0.2) is 0 Å². The maximum absolute atomic E-state index is 12.9. The lowest BCUT2D eigenvalue weighted by atomic mass is 10.2. The molecule has 0 aliphatic heterocycles. The Kier molecular flexibility index (Phi) is 4.16. The van der Waals surface area contributed by atoms with Crippen molar-refractivity contribution in [3.8, 4) is 0 Å². The summed E-state index contributed by atoms with van der Waals surface area (Å²) in [5.74, 6) is -0.371. The number of aromatic nitrogens is 2. The first kappa shape index (κ1) is 13.5. The third kappa shape index (κ3) is 3.54. The van der Waals surface area contributed by atoms with Crippen molar-refractivity contribution in [3.63, 3.8) is 0 Å². The molecule has 1 aromatic carbocycles. The lowest BCUT2D eigenvalue weighted by Crippen LogP contribution is -2.31. The highest BCUT2D eigenvalue weighted by molar-refractivity contribution is 9.10. The topological polar surface area (TPSA) is 69.8 Å². The number of urea groups is 1. The number of benzene rings is 1. The van der Waals surface area contributed by atoms with Crippen LogP contribution in [0.1, 0.15) is 18.5 Å². The first-order chi connectivity index (χ1) is 9.06. The molecule has 0 aliphatic rings. The molecule has 2 rings (SSSR count). The zero-order valence-corrected chi connectivity index (χ0v) is 11.7. The summed E-state index contributed by atoms with van der Waals surface area (Å²) >= 11 is 3.18. The van der Waals surface area contributed by atoms with Crippen molar-refractivity contribution < 1.29 is 9.18 Å². The largest absolute Gasteiger partial charge is 0.331 e. The number of rotatable bonds is 3. The van der Waals surface area contributed by atoms with E-state index in [9.17, 15) is 9.18 Å². The second-order valence-corrected chi connectivity index (χ2v) is 4.83. The molecule has 0 fully saturated rings. The number of hydrogen-bond acceptors (Lipinski definition) is 2. The van der Waals surface area contributed by atoms with Gasteiger partial charge < -0.3 is 10.6 Å². The molecule has 5 nitrogen and oxygen atoms in total. The molecule has 0 radical (unpaired) electrons. The van der Waals surface area contributed by atoms with Gasteiger partial charge in [0.1, 0.15) is 5.82 Å². The first-order valence-electron chi connectivity index (χ1n) is 5.57. The van der Waals surface area contributed by atoms with Gasteiger partial charge in [-0.3, -0.25) is 5.10 Å². The van der Waals surface area contributed by atoms with Crippen LogP contribution in [0.5, 0.6) is 0 Å². The maximum atomic E-state index is 12.9. The Morgan fingerprint density at radius 2 is 2.32 bits per heavy atom. The van der Waals surface area contributed by atoms with Gasteiger partial charge in [-0.05, 0) is 41.1 Å². The standard InChI is InChI=1S/C12H12BrFN4O/c1-7(8-5-15-16-6-8)17-12(19)18-11-3-2-9(14)4-10(11)13/h2-7H,1H3,(H,15,16)(H2,17,18,19)/t7-/m1/s1. The summed E-state index contributed by atoms with van der Waals surface area (Å²) < 4.78 is 13.4. The Morgan fingerprint density at radius 3 is 2.95 bits per heavy atom. The Labute approximate surface area is 117 Å². The molecule has 100 valence electrons. The van der Waals surface area contributed by atoms with Gasteiger partial charge in [0, 0.05) is 16.2 Å². The molecule has 0 spiro atoms. The molecule has 7 heteroatoms. The minimum Gasteiger partial charge on any atom is -0.331 e. The molecule has 3 N–H and O–H groups in total. The molecule has 0 saturated heterocycles. The number of amides is 2. The van der Waals surface area contributed by atoms with Gasteiger partial charge in [0.2, 0.25) is 0 Å². The number of H-pyrrole nitrogens is 1. The number of nitrogens with zero attached hydrogens (tertiary/aromatic N) is 1. The SMILES string of the molecule is C[C@@H](NC(=O)Nc1ccc(F)cc1Br)c1cn[nH]c1. The summed E-state index contributed by atoms with van der Waals surface area (Å²) in [6, 6.07) is 3.50. The molecular formula is C12H12BrFN4O. The van der Waals surface area contributed by atoms with Gasteiger partial charge in [-0.15, -0.1) is 0 Å². The quantitative estimate of drug-likeness (QED) is 0.810. The fraction of sp³-hybridized carbons (Fsp3) is 0.167. The zero-order chi connectivity index (χ0) is 13.8. The van der Waals surface area contributed by atoms with Crippen molar-refractivity contribution in [1.82, 2.24) is 15.5 Å². The van der Waals surface area contributed by atoms with Crippen LogP contribution < -0.4 is 10.6 Å². The number of carbonyl (C=O) groups is 1. The highest BCUT2D eigenvalue weighted by Crippen LogP contribution is 2.23. The van der Waals surface area contributed by atoms with Crippen LogP contribution in [0.4, 0.5) is 14.9 Å². The zero-order valence-electron chi connectivity index (χ0n) is 10.1. The lowest BCUT2D eigenvalue weighted by molar-refractivity contribution is 0.249. The van der Waals surface area contributed by atoms with Gasteiger partial charge >= 0.3 is 6.03 Å². The molecule has 19 heavy (non-hydrogen) atoms. The highest BCUT2D eigenvalue weighted by atomic mass is 79.9. The van der Waals surface area contributed by atoms with Gasteiger partial charge in [-0.2, -0.15) is 5.10 Å². The number of aromatic amines is 1. The van der Waals surface area contributed by atoms with Crippen molar-refractivity contribution in [2.45, 2.75) is 13.0 Å². The van der Waals surface area contributed by atoms with E-state index in [2.05, 4.69) is 36.8 Å². The smallest absolute Gasteiger partial charge is 0.319 e. The fourth-order valence-corrected chi connectivity index (χ4v) is 1.98. The third-order valence-corrected chi connectivity index (χ3v) is 3.20. The molecule has 2 amide bonds. The third-order valence-electron chi connectivity index (χ3n) is 2.55. The summed E-state index contributed by atoms with van der Waals surface area (Å²) in [5.41, 5.74) is 1.37. The average molecular weight is 327 g/mol. The predicted molar refractivity (Wildman–Crippen MR) is 73.3 cm³/mol. The van der Waals surface area contributed by atoms with Crippen LogP contribution in [0.15, 0.2) is 35.1 Å². The Bertz CT molecular complexity index is 573. The van der Waals surface area contributed by atoms with Crippen LogP contribution in [0, 0.1) is 5.82 Å². The van der Waals surface area contributed by atoms with Crippen LogP contribution in [-0.2, 0) is 0 Å². The summed E-state index contributed by atoms with van der Waals surface area (Å²) in [6.07, 6.45) is 3.34. The van der Waals surface area contributed by atoms with Gasteiger partial charge in [0.25, 0.3) is 0 Å². The van der Waals surface area contributed by atoms with Crippen LogP contribution in [0.25, 0.3) is 0 Å². The van der Waals surface area contributed by atoms with Crippen LogP contribution in [0.2, 0.25) is 0 Å². The van der Waals surface area contributed by atoms with Gasteiger partial charge in [-0.1, -0.05) is 0 Å². The van der Waals surface area contributed by atoms with E-state index in [1.165, 1.54) is 18.2 Å². The molecule has 0 bridgehead atoms. The molecule has 1 atom stereocenters. The van der Waals surface area contributed by atoms with Crippen molar-refractivity contribution in [3.05, 3.63) is 46.4 Å². The fourth-order valence-electron chi connectivity index (χ4n) is 1.53. The van der Waals surface area contributed by atoms with E-state index in [0.717, 1.165) is 5.56 Å². The van der Waals surface area contributed by atoms with E-state index in [0.29, 0.717) is 10.2 Å². The van der Waals surface area contributed by atoms with Gasteiger partial charge in [0.05, 0.1) is 17.9 Å². The molecule has 0 saturated carbocycles. The number of hydrogen-bond donors (Lipinski definition) is 3. The lowest BCUT2D eigenvalue weighted by Gasteiger charge is -2.13. The van der Waals surface area contributed by atoms with E-state index in [4.69, 9.17) is 0 Å². The number of carbonyl (C=O) groups excluding carboxylic acids is 1. The van der Waals surface area contributed by atoms with Crippen molar-refractivity contribution >= 4 is 27.6 Å². The summed E-state index contributed by atoms with van der Waals surface area (Å²) in [4.78, 5) is 11.8. The van der Waals surface area contributed by atoms with E-state index in [-0.39, 0.29) is 17.9 Å². The van der Waals surface area contributed by atoms with Crippen molar-refractivity contribution in [2.75, 3.05) is 5.32 Å². The molecule has 0 unspecified atom stereocenters. The Morgan fingerprint density at radius 1 is 1.53 bits per heavy atom. The number of anilines is 1. The average Bonchev–Trinajstić information content (AvgIpc) is 2.86. The highest BCUT2D eigenvalue weighted by Gasteiger charge is 2.11. The van der Waals surface area contributed by atoms with E-state index < -0.39 is 0 Å². The van der Waals surface area contributed by atoms with Crippen LogP contribution in [0.3, 0.4) is 0 Å². The summed E-state index contributed by atoms with van der Waals surface area (Å²) in [7, 11) is 0. The normalized spacial score (nSPS) is 11.9. The molecule has 2 aromatic rings. The molecule has 1 aromatic heterocycles. The monoisotopic (exact) mass is 326 g/mol. The second-order valence-electron chi connectivity index (χ2n) is 3.98. The molecule has 1 heterocycles. The van der Waals surface area contributed by atoms with Crippen LogP contribution in [-0.4, -0.2) is 16.2 Å². The predicted octanol–water partition coefficient (Wildman–Crippen LogP) is 3.19. The number of halogens is 2. The molecular weight excluding hydrogens is 315 g/mol.